The van der Waals surface area contributed by atoms with Crippen molar-refractivity contribution < 1.29 is 9.53 Å². The second-order valence-corrected chi connectivity index (χ2v) is 5.64. The van der Waals surface area contributed by atoms with Crippen molar-refractivity contribution in [1.29, 1.82) is 0 Å². The summed E-state index contributed by atoms with van der Waals surface area (Å²) >= 11 is 0. The highest BCUT2D eigenvalue weighted by Crippen LogP contribution is 2.18. The fraction of sp³-hybridized carbons (Fsp3) is 0.105. The number of carbonyl (C=O) groups is 1. The average Bonchev–Trinajstić information content (AvgIpc) is 3.05. The molecule has 0 unspecified atom stereocenters. The van der Waals surface area contributed by atoms with E-state index < -0.39 is 6.09 Å². The molecule has 0 aliphatic carbocycles. The number of fused-ring (bicyclic) bond motifs is 2. The van der Waals surface area contributed by atoms with Crippen molar-refractivity contribution in [3.8, 4) is 5.88 Å². The quantitative estimate of drug-likeness (QED) is 0.600. The molecule has 0 bridgehead atoms. The van der Waals surface area contributed by atoms with Gasteiger partial charge in [-0.3, -0.25) is 4.98 Å². The Morgan fingerprint density at radius 1 is 1.16 bits per heavy atom. The second kappa shape index (κ2) is 6.60. The number of pyridine rings is 2. The SMILES string of the molecule is O=C(NCCc1c[nH]c2ccccc12)Oc1ccc2cnccc2n1. The number of aromatic amines is 1. The lowest BCUT2D eigenvalue weighted by Gasteiger charge is -2.06. The maximum absolute atomic E-state index is 11.9. The Bertz CT molecular complexity index is 1040. The summed E-state index contributed by atoms with van der Waals surface area (Å²) in [6.07, 6.45) is 5.54. The number of carbonyl (C=O) groups excluding carboxylic acids is 1. The van der Waals surface area contributed by atoms with E-state index in [-0.39, 0.29) is 5.88 Å². The van der Waals surface area contributed by atoms with Crippen molar-refractivity contribution in [3.05, 3.63) is 66.6 Å². The molecule has 0 spiro atoms. The average molecular weight is 332 g/mol. The molecule has 0 aliphatic rings. The van der Waals surface area contributed by atoms with E-state index in [9.17, 15) is 4.79 Å². The van der Waals surface area contributed by atoms with Crippen LogP contribution >= 0.6 is 0 Å². The fourth-order valence-corrected chi connectivity index (χ4v) is 2.77. The molecule has 0 saturated carbocycles. The van der Waals surface area contributed by atoms with Crippen molar-refractivity contribution >= 4 is 27.9 Å². The summed E-state index contributed by atoms with van der Waals surface area (Å²) in [7, 11) is 0. The van der Waals surface area contributed by atoms with Crippen molar-refractivity contribution in [2.24, 2.45) is 0 Å². The van der Waals surface area contributed by atoms with Gasteiger partial charge in [0.05, 0.1) is 5.52 Å². The maximum atomic E-state index is 11.9. The number of amides is 1. The molecule has 1 aromatic carbocycles. The van der Waals surface area contributed by atoms with E-state index in [0.29, 0.717) is 6.54 Å². The second-order valence-electron chi connectivity index (χ2n) is 5.64. The van der Waals surface area contributed by atoms with Crippen LogP contribution in [0.2, 0.25) is 0 Å². The summed E-state index contributed by atoms with van der Waals surface area (Å²) in [5.41, 5.74) is 2.99. The van der Waals surface area contributed by atoms with Crippen molar-refractivity contribution in [3.63, 3.8) is 0 Å². The zero-order chi connectivity index (χ0) is 17.1. The molecule has 0 aliphatic heterocycles. The van der Waals surface area contributed by atoms with Gasteiger partial charge in [-0.05, 0) is 30.2 Å². The number of hydrogen-bond acceptors (Lipinski definition) is 4. The number of hydrogen-bond donors (Lipinski definition) is 2. The summed E-state index contributed by atoms with van der Waals surface area (Å²) < 4.78 is 5.24. The van der Waals surface area contributed by atoms with E-state index >= 15 is 0 Å². The molecule has 2 N–H and O–H groups in total. The lowest BCUT2D eigenvalue weighted by atomic mass is 10.1. The predicted molar refractivity (Wildman–Crippen MR) is 95.6 cm³/mol. The molecule has 25 heavy (non-hydrogen) atoms. The summed E-state index contributed by atoms with van der Waals surface area (Å²) in [4.78, 5) is 23.5. The first-order valence-electron chi connectivity index (χ1n) is 8.01. The first-order valence-corrected chi connectivity index (χ1v) is 8.01. The number of nitrogens with zero attached hydrogens (tertiary/aromatic N) is 2. The monoisotopic (exact) mass is 332 g/mol. The molecule has 3 heterocycles. The van der Waals surface area contributed by atoms with Crippen LogP contribution < -0.4 is 10.1 Å². The summed E-state index contributed by atoms with van der Waals surface area (Å²) in [5.74, 6) is 0.267. The lowest BCUT2D eigenvalue weighted by molar-refractivity contribution is 0.199. The molecule has 0 radical (unpaired) electrons. The van der Waals surface area contributed by atoms with Gasteiger partial charge in [0.15, 0.2) is 0 Å². The van der Waals surface area contributed by atoms with Gasteiger partial charge in [0.2, 0.25) is 5.88 Å². The number of H-pyrrole nitrogens is 1. The topological polar surface area (TPSA) is 79.9 Å². The zero-order valence-corrected chi connectivity index (χ0v) is 13.4. The van der Waals surface area contributed by atoms with Crippen LogP contribution in [0.3, 0.4) is 0 Å². The molecule has 124 valence electrons. The first-order chi connectivity index (χ1) is 12.3. The number of benzene rings is 1. The van der Waals surface area contributed by atoms with Gasteiger partial charge in [0.1, 0.15) is 0 Å². The molecule has 6 nitrogen and oxygen atoms in total. The third-order valence-corrected chi connectivity index (χ3v) is 4.00. The minimum atomic E-state index is -0.513. The number of ether oxygens (including phenoxy) is 1. The van der Waals surface area contributed by atoms with Gasteiger partial charge in [-0.25, -0.2) is 9.78 Å². The van der Waals surface area contributed by atoms with E-state index in [4.69, 9.17) is 4.74 Å². The van der Waals surface area contributed by atoms with Crippen LogP contribution in [0.15, 0.2) is 61.1 Å². The van der Waals surface area contributed by atoms with Crippen molar-refractivity contribution in [1.82, 2.24) is 20.3 Å². The van der Waals surface area contributed by atoms with Crippen LogP contribution in [-0.2, 0) is 6.42 Å². The van der Waals surface area contributed by atoms with Gasteiger partial charge in [0.25, 0.3) is 0 Å². The standard InChI is InChI=1S/C19H16N4O2/c24-19(25-18-6-5-14-11-20-9-8-16(14)23-18)21-10-7-13-12-22-17-4-2-1-3-15(13)17/h1-6,8-9,11-12,22H,7,10H2,(H,21,24). The fourth-order valence-electron chi connectivity index (χ4n) is 2.77. The van der Waals surface area contributed by atoms with E-state index in [1.807, 2.05) is 30.5 Å². The molecule has 0 saturated heterocycles. The third-order valence-electron chi connectivity index (χ3n) is 4.00. The number of para-hydroxylation sites is 1. The van der Waals surface area contributed by atoms with Crippen LogP contribution in [0.5, 0.6) is 5.88 Å². The molecule has 4 rings (SSSR count). The summed E-state index contributed by atoms with van der Waals surface area (Å²) in [6, 6.07) is 13.3. The molecule has 3 aromatic heterocycles. The first kappa shape index (κ1) is 15.1. The minimum Gasteiger partial charge on any atom is -0.391 e. The summed E-state index contributed by atoms with van der Waals surface area (Å²) in [5, 5.41) is 4.82. The highest BCUT2D eigenvalue weighted by molar-refractivity contribution is 5.83. The highest BCUT2D eigenvalue weighted by atomic mass is 16.6. The van der Waals surface area contributed by atoms with Gasteiger partial charge in [-0.2, -0.15) is 0 Å². The Morgan fingerprint density at radius 2 is 2.08 bits per heavy atom. The van der Waals surface area contributed by atoms with Crippen LogP contribution in [0.25, 0.3) is 21.8 Å². The van der Waals surface area contributed by atoms with Crippen LogP contribution in [0.4, 0.5) is 4.79 Å². The predicted octanol–water partition coefficient (Wildman–Crippen LogP) is 3.44. The Kier molecular flexibility index (Phi) is 4.00. The smallest absolute Gasteiger partial charge is 0.391 e. The van der Waals surface area contributed by atoms with Crippen LogP contribution in [-0.4, -0.2) is 27.6 Å². The Morgan fingerprint density at radius 3 is 3.04 bits per heavy atom. The van der Waals surface area contributed by atoms with Crippen LogP contribution in [0, 0.1) is 0 Å². The maximum Gasteiger partial charge on any atom is 0.413 e. The minimum absolute atomic E-state index is 0.267. The molecule has 1 amide bonds. The molecule has 4 aromatic rings. The molecule has 6 heteroatoms. The van der Waals surface area contributed by atoms with Gasteiger partial charge in [-0.1, -0.05) is 18.2 Å². The molecular formula is C19H16N4O2. The van der Waals surface area contributed by atoms with Gasteiger partial charge < -0.3 is 15.0 Å². The lowest BCUT2D eigenvalue weighted by Crippen LogP contribution is -2.29. The van der Waals surface area contributed by atoms with Gasteiger partial charge in [0, 0.05) is 47.5 Å². The number of aromatic nitrogens is 3. The Labute approximate surface area is 143 Å². The highest BCUT2D eigenvalue weighted by Gasteiger charge is 2.07. The van der Waals surface area contributed by atoms with Crippen LogP contribution in [0.1, 0.15) is 5.56 Å². The zero-order valence-electron chi connectivity index (χ0n) is 13.4. The van der Waals surface area contributed by atoms with Gasteiger partial charge in [-0.15, -0.1) is 0 Å². The number of rotatable bonds is 4. The molecular weight excluding hydrogens is 316 g/mol. The van der Waals surface area contributed by atoms with E-state index in [1.165, 1.54) is 5.39 Å². The largest absolute Gasteiger partial charge is 0.413 e. The van der Waals surface area contributed by atoms with E-state index in [1.54, 1.807) is 24.5 Å². The van der Waals surface area contributed by atoms with E-state index in [2.05, 4.69) is 26.3 Å². The summed E-state index contributed by atoms with van der Waals surface area (Å²) in [6.45, 7) is 0.484. The number of nitrogens with one attached hydrogen (secondary N) is 2. The normalized spacial score (nSPS) is 10.9. The van der Waals surface area contributed by atoms with Crippen molar-refractivity contribution in [2.75, 3.05) is 6.54 Å². The van der Waals surface area contributed by atoms with E-state index in [0.717, 1.165) is 28.4 Å². The van der Waals surface area contributed by atoms with Gasteiger partial charge >= 0.3 is 6.09 Å². The van der Waals surface area contributed by atoms with Crippen molar-refractivity contribution in [2.45, 2.75) is 6.42 Å². The Hall–Kier alpha value is -3.41. The molecule has 0 fully saturated rings. The molecule has 0 atom stereocenters. The third kappa shape index (κ3) is 3.28. The Balaban J connectivity index is 1.35.